The Kier molecular flexibility index (Phi) is 2.31. The molecule has 1 aromatic carbocycles. The summed E-state index contributed by atoms with van der Waals surface area (Å²) in [6, 6.07) is 8.14. The summed E-state index contributed by atoms with van der Waals surface area (Å²) in [5.41, 5.74) is 1.77. The molecule has 13 heavy (non-hydrogen) atoms. The molecule has 70 valence electrons. The number of hydrogen-bond donors (Lipinski definition) is 1. The highest BCUT2D eigenvalue weighted by Crippen LogP contribution is 2.38. The van der Waals surface area contributed by atoms with Crippen molar-refractivity contribution in [2.75, 3.05) is 7.05 Å². The minimum atomic E-state index is 0.397. The molecule has 0 bridgehead atoms. The van der Waals surface area contributed by atoms with Crippen molar-refractivity contribution in [2.45, 2.75) is 24.8 Å². The van der Waals surface area contributed by atoms with Gasteiger partial charge in [-0.25, -0.2) is 0 Å². The lowest BCUT2D eigenvalue weighted by Crippen LogP contribution is -2.29. The normalized spacial score (nSPS) is 18.6. The number of halogens is 1. The molecule has 0 aromatic heterocycles. The molecule has 1 N–H and O–H groups in total. The van der Waals surface area contributed by atoms with Crippen molar-refractivity contribution in [2.24, 2.45) is 0 Å². The van der Waals surface area contributed by atoms with Crippen molar-refractivity contribution in [1.29, 1.82) is 0 Å². The SMILES string of the molecule is CNC1(Cc2ccc(Cl)cc2)CC1. The highest BCUT2D eigenvalue weighted by molar-refractivity contribution is 6.30. The maximum Gasteiger partial charge on any atom is 0.0406 e. The highest BCUT2D eigenvalue weighted by Gasteiger charge is 2.40. The van der Waals surface area contributed by atoms with Gasteiger partial charge in [-0.15, -0.1) is 0 Å². The van der Waals surface area contributed by atoms with Gasteiger partial charge in [0.15, 0.2) is 0 Å². The summed E-state index contributed by atoms with van der Waals surface area (Å²) in [6.45, 7) is 0. The first kappa shape index (κ1) is 9.04. The van der Waals surface area contributed by atoms with E-state index in [0.717, 1.165) is 11.4 Å². The van der Waals surface area contributed by atoms with Crippen LogP contribution in [-0.2, 0) is 6.42 Å². The zero-order valence-electron chi connectivity index (χ0n) is 7.81. The van der Waals surface area contributed by atoms with Gasteiger partial charge in [-0.3, -0.25) is 0 Å². The Hall–Kier alpha value is -0.530. The van der Waals surface area contributed by atoms with Crippen LogP contribution in [0.15, 0.2) is 24.3 Å². The average Bonchev–Trinajstić information content (AvgIpc) is 2.90. The maximum absolute atomic E-state index is 5.82. The van der Waals surface area contributed by atoms with Crippen LogP contribution >= 0.6 is 11.6 Å². The minimum Gasteiger partial charge on any atom is -0.314 e. The van der Waals surface area contributed by atoms with E-state index in [1.54, 1.807) is 0 Å². The van der Waals surface area contributed by atoms with Crippen LogP contribution in [0.5, 0.6) is 0 Å². The first-order valence-corrected chi connectivity index (χ1v) is 5.05. The van der Waals surface area contributed by atoms with Gasteiger partial charge in [0.05, 0.1) is 0 Å². The standard InChI is InChI=1S/C11H14ClN/c1-13-11(6-7-11)8-9-2-4-10(12)5-3-9/h2-5,13H,6-8H2,1H3. The number of nitrogens with one attached hydrogen (secondary N) is 1. The molecule has 1 aromatic rings. The second-order valence-electron chi connectivity index (χ2n) is 3.83. The number of likely N-dealkylation sites (N-methyl/N-ethyl adjacent to an activating group) is 1. The largest absolute Gasteiger partial charge is 0.314 e. The Bertz CT molecular complexity index is 287. The van der Waals surface area contributed by atoms with Crippen LogP contribution < -0.4 is 5.32 Å². The van der Waals surface area contributed by atoms with E-state index < -0.39 is 0 Å². The maximum atomic E-state index is 5.82. The van der Waals surface area contributed by atoms with Crippen molar-refractivity contribution >= 4 is 11.6 Å². The van der Waals surface area contributed by atoms with Gasteiger partial charge < -0.3 is 5.32 Å². The van der Waals surface area contributed by atoms with Crippen LogP contribution in [0.25, 0.3) is 0 Å². The summed E-state index contributed by atoms with van der Waals surface area (Å²) in [5.74, 6) is 0. The van der Waals surface area contributed by atoms with Crippen molar-refractivity contribution in [1.82, 2.24) is 5.32 Å². The van der Waals surface area contributed by atoms with Crippen LogP contribution in [0.2, 0.25) is 5.02 Å². The fourth-order valence-corrected chi connectivity index (χ4v) is 1.79. The Morgan fingerprint density at radius 2 is 1.92 bits per heavy atom. The fourth-order valence-electron chi connectivity index (χ4n) is 1.66. The molecule has 0 amide bonds. The summed E-state index contributed by atoms with van der Waals surface area (Å²) < 4.78 is 0. The molecular formula is C11H14ClN. The lowest BCUT2D eigenvalue weighted by molar-refractivity contribution is 0.549. The van der Waals surface area contributed by atoms with E-state index in [9.17, 15) is 0 Å². The molecule has 0 aliphatic heterocycles. The van der Waals surface area contributed by atoms with Gasteiger partial charge in [-0.2, -0.15) is 0 Å². The molecule has 1 fully saturated rings. The van der Waals surface area contributed by atoms with Crippen molar-refractivity contribution in [3.05, 3.63) is 34.9 Å². The van der Waals surface area contributed by atoms with Gasteiger partial charge in [0.25, 0.3) is 0 Å². The summed E-state index contributed by atoms with van der Waals surface area (Å²) in [5, 5.41) is 4.20. The second kappa shape index (κ2) is 3.32. The van der Waals surface area contributed by atoms with Crippen LogP contribution in [0.4, 0.5) is 0 Å². The monoisotopic (exact) mass is 195 g/mol. The van der Waals surface area contributed by atoms with Gasteiger partial charge in [0, 0.05) is 10.6 Å². The molecule has 1 aliphatic rings. The summed E-state index contributed by atoms with van der Waals surface area (Å²) in [4.78, 5) is 0. The van der Waals surface area contributed by atoms with Crippen LogP contribution in [0.1, 0.15) is 18.4 Å². The van der Waals surface area contributed by atoms with E-state index in [1.807, 2.05) is 19.2 Å². The third-order valence-electron chi connectivity index (χ3n) is 2.84. The van der Waals surface area contributed by atoms with Crippen LogP contribution in [0.3, 0.4) is 0 Å². The van der Waals surface area contributed by atoms with Crippen molar-refractivity contribution < 1.29 is 0 Å². The van der Waals surface area contributed by atoms with E-state index in [0.29, 0.717) is 5.54 Å². The molecule has 0 atom stereocenters. The quantitative estimate of drug-likeness (QED) is 0.782. The van der Waals surface area contributed by atoms with E-state index in [2.05, 4.69) is 17.4 Å². The predicted molar refractivity (Wildman–Crippen MR) is 56.2 cm³/mol. The summed E-state index contributed by atoms with van der Waals surface area (Å²) in [7, 11) is 2.04. The first-order chi connectivity index (χ1) is 6.24. The number of benzene rings is 1. The zero-order valence-corrected chi connectivity index (χ0v) is 8.56. The predicted octanol–water partition coefficient (Wildman–Crippen LogP) is 2.63. The molecular weight excluding hydrogens is 182 g/mol. The van der Waals surface area contributed by atoms with Crippen molar-refractivity contribution in [3.63, 3.8) is 0 Å². The number of hydrogen-bond acceptors (Lipinski definition) is 1. The van der Waals surface area contributed by atoms with E-state index in [-0.39, 0.29) is 0 Å². The summed E-state index contributed by atoms with van der Waals surface area (Å²) in [6.07, 6.45) is 3.72. The Morgan fingerprint density at radius 3 is 2.38 bits per heavy atom. The zero-order chi connectivity index (χ0) is 9.31. The Morgan fingerprint density at radius 1 is 1.31 bits per heavy atom. The molecule has 1 aliphatic carbocycles. The Balaban J connectivity index is 2.06. The highest BCUT2D eigenvalue weighted by atomic mass is 35.5. The number of rotatable bonds is 3. The Labute approximate surface area is 84.1 Å². The fraction of sp³-hybridized carbons (Fsp3) is 0.455. The van der Waals surface area contributed by atoms with Gasteiger partial charge in [0.2, 0.25) is 0 Å². The van der Waals surface area contributed by atoms with Gasteiger partial charge in [0.1, 0.15) is 0 Å². The molecule has 2 rings (SSSR count). The van der Waals surface area contributed by atoms with Crippen LogP contribution in [-0.4, -0.2) is 12.6 Å². The molecule has 0 radical (unpaired) electrons. The molecule has 0 saturated heterocycles. The lowest BCUT2D eigenvalue weighted by atomic mass is 10.0. The van der Waals surface area contributed by atoms with E-state index in [4.69, 9.17) is 11.6 Å². The van der Waals surface area contributed by atoms with Crippen LogP contribution in [0, 0.1) is 0 Å². The smallest absolute Gasteiger partial charge is 0.0406 e. The third-order valence-corrected chi connectivity index (χ3v) is 3.09. The molecule has 0 spiro atoms. The van der Waals surface area contributed by atoms with Crippen molar-refractivity contribution in [3.8, 4) is 0 Å². The molecule has 1 nitrogen and oxygen atoms in total. The second-order valence-corrected chi connectivity index (χ2v) is 4.27. The average molecular weight is 196 g/mol. The minimum absolute atomic E-state index is 0.397. The van der Waals surface area contributed by atoms with Gasteiger partial charge >= 0.3 is 0 Å². The molecule has 1 saturated carbocycles. The summed E-state index contributed by atoms with van der Waals surface area (Å²) >= 11 is 5.82. The van der Waals surface area contributed by atoms with Gasteiger partial charge in [-0.05, 0) is 44.0 Å². The molecule has 0 heterocycles. The van der Waals surface area contributed by atoms with Gasteiger partial charge in [-0.1, -0.05) is 23.7 Å². The van der Waals surface area contributed by atoms with E-state index >= 15 is 0 Å². The van der Waals surface area contributed by atoms with E-state index in [1.165, 1.54) is 18.4 Å². The first-order valence-electron chi connectivity index (χ1n) is 4.67. The lowest BCUT2D eigenvalue weighted by Gasteiger charge is -2.13. The third kappa shape index (κ3) is 2.04. The molecule has 0 unspecified atom stereocenters. The topological polar surface area (TPSA) is 12.0 Å². The molecule has 2 heteroatoms.